The third-order valence-electron chi connectivity index (χ3n) is 7.89. The average Bonchev–Trinajstić information content (AvgIpc) is 3.29. The minimum Gasteiger partial charge on any atom is -0.508 e. The van der Waals surface area contributed by atoms with Crippen molar-refractivity contribution in [2.75, 3.05) is 20.8 Å². The number of benzene rings is 4. The summed E-state index contributed by atoms with van der Waals surface area (Å²) in [5.41, 5.74) is 3.16. The Morgan fingerprint density at radius 1 is 0.917 bits per heavy atom. The molecule has 0 aromatic heterocycles. The summed E-state index contributed by atoms with van der Waals surface area (Å²) in [6, 6.07) is 14.7. The summed E-state index contributed by atoms with van der Waals surface area (Å²) in [6.07, 6.45) is 1.63. The maximum absolute atomic E-state index is 11.9. The van der Waals surface area contributed by atoms with Crippen LogP contribution in [0.25, 0.3) is 21.5 Å². The number of carbonyl (C=O) groups is 1. The van der Waals surface area contributed by atoms with Gasteiger partial charge in [0.1, 0.15) is 17.1 Å². The zero-order chi connectivity index (χ0) is 25.1. The topological polar surface area (TPSA) is 99.5 Å². The van der Waals surface area contributed by atoms with Gasteiger partial charge < -0.3 is 24.8 Å². The van der Waals surface area contributed by atoms with Crippen LogP contribution in [-0.2, 0) is 13.0 Å². The first-order valence-corrected chi connectivity index (χ1v) is 12.0. The lowest BCUT2D eigenvalue weighted by Gasteiger charge is -2.33. The van der Waals surface area contributed by atoms with E-state index >= 15 is 0 Å². The first-order valence-electron chi connectivity index (χ1n) is 12.0. The Balaban J connectivity index is 1.49. The summed E-state index contributed by atoms with van der Waals surface area (Å²) in [5.74, 6) is 0.222. The summed E-state index contributed by atoms with van der Waals surface area (Å²) >= 11 is 0. The smallest absolute Gasteiger partial charge is 0.339 e. The third kappa shape index (κ3) is 3.34. The molecule has 3 N–H and O–H groups in total. The number of hydrogen-bond acceptors (Lipinski definition) is 6. The number of hydrogen-bond donors (Lipinski definition) is 3. The van der Waals surface area contributed by atoms with E-state index in [0.717, 1.165) is 47.5 Å². The highest BCUT2D eigenvalue weighted by Gasteiger charge is 2.39. The molecule has 7 nitrogen and oxygen atoms in total. The molecule has 2 aliphatic rings. The van der Waals surface area contributed by atoms with E-state index in [0.29, 0.717) is 17.1 Å². The number of aromatic hydroxyl groups is 2. The second kappa shape index (κ2) is 8.31. The molecule has 2 atom stereocenters. The van der Waals surface area contributed by atoms with Crippen LogP contribution in [-0.4, -0.2) is 53.0 Å². The maximum Gasteiger partial charge on any atom is 0.339 e. The standard InChI is InChI=1S/C29H27NO6/c1-35-26-11-22-20-9-16-8-15(18-4-3-5-25(32)28(18)29(33)34)13-30(16)14-24(20)19-7-6-17(31)10-21(19)23(22)12-27(26)36-2/h3-7,10-12,15-16,31-32H,8-9,13-14H2,1-2H3,(H,33,34). The van der Waals surface area contributed by atoms with Crippen LogP contribution in [0.2, 0.25) is 0 Å². The number of phenols is 2. The molecule has 2 aliphatic heterocycles. The molecule has 0 aliphatic carbocycles. The predicted octanol–water partition coefficient (Wildman–Crippen LogP) is 5.03. The van der Waals surface area contributed by atoms with E-state index in [1.165, 1.54) is 17.2 Å². The molecule has 6 rings (SSSR count). The predicted molar refractivity (Wildman–Crippen MR) is 137 cm³/mol. The molecule has 1 saturated heterocycles. The van der Waals surface area contributed by atoms with Gasteiger partial charge in [0.25, 0.3) is 0 Å². The van der Waals surface area contributed by atoms with Crippen molar-refractivity contribution in [3.8, 4) is 23.0 Å². The largest absolute Gasteiger partial charge is 0.508 e. The molecule has 4 aromatic carbocycles. The lowest BCUT2D eigenvalue weighted by molar-refractivity contribution is 0.0692. The molecule has 36 heavy (non-hydrogen) atoms. The van der Waals surface area contributed by atoms with Gasteiger partial charge in [-0.2, -0.15) is 0 Å². The first kappa shape index (κ1) is 22.5. The van der Waals surface area contributed by atoms with Gasteiger partial charge in [-0.05, 0) is 87.3 Å². The average molecular weight is 486 g/mol. The fourth-order valence-electron chi connectivity index (χ4n) is 6.29. The van der Waals surface area contributed by atoms with Crippen LogP contribution in [0.3, 0.4) is 0 Å². The highest BCUT2D eigenvalue weighted by Crippen LogP contribution is 2.46. The second-order valence-electron chi connectivity index (χ2n) is 9.71. The zero-order valence-electron chi connectivity index (χ0n) is 20.1. The number of phenolic OH excluding ortho intramolecular Hbond substituents is 1. The molecular formula is C29H27NO6. The molecular weight excluding hydrogens is 458 g/mol. The maximum atomic E-state index is 11.9. The van der Waals surface area contributed by atoms with Crippen molar-refractivity contribution < 1.29 is 29.6 Å². The van der Waals surface area contributed by atoms with Gasteiger partial charge in [-0.3, -0.25) is 4.90 Å². The Bertz CT molecular complexity index is 1540. The summed E-state index contributed by atoms with van der Waals surface area (Å²) in [7, 11) is 3.24. The molecule has 1 fully saturated rings. The molecule has 2 heterocycles. The fraction of sp³-hybridized carbons (Fsp3) is 0.276. The van der Waals surface area contributed by atoms with E-state index in [4.69, 9.17) is 9.47 Å². The number of carboxylic acid groups (broad SMARTS) is 1. The first-order chi connectivity index (χ1) is 17.4. The SMILES string of the molecule is COc1cc2c3c(c4ccc(O)cc4c2cc1OC)CN1CC(c2cccc(O)c2C(=O)O)CC1C3. The molecule has 184 valence electrons. The summed E-state index contributed by atoms with van der Waals surface area (Å²) in [6.45, 7) is 1.45. The van der Waals surface area contributed by atoms with Gasteiger partial charge in [0, 0.05) is 19.1 Å². The van der Waals surface area contributed by atoms with E-state index in [2.05, 4.69) is 4.90 Å². The Morgan fingerprint density at radius 3 is 2.36 bits per heavy atom. The van der Waals surface area contributed by atoms with E-state index < -0.39 is 5.97 Å². The number of nitrogens with zero attached hydrogens (tertiary/aromatic N) is 1. The van der Waals surface area contributed by atoms with Gasteiger partial charge in [0.2, 0.25) is 0 Å². The van der Waals surface area contributed by atoms with Crippen molar-refractivity contribution in [1.82, 2.24) is 4.90 Å². The van der Waals surface area contributed by atoms with Crippen LogP contribution in [0, 0.1) is 0 Å². The number of rotatable bonds is 4. The van der Waals surface area contributed by atoms with Crippen molar-refractivity contribution in [2.45, 2.75) is 31.3 Å². The lowest BCUT2D eigenvalue weighted by atomic mass is 9.84. The normalized spacial score (nSPS) is 19.3. The minimum absolute atomic E-state index is 0.00284. The molecule has 4 aromatic rings. The summed E-state index contributed by atoms with van der Waals surface area (Å²) in [4.78, 5) is 14.3. The Morgan fingerprint density at radius 2 is 1.64 bits per heavy atom. The van der Waals surface area contributed by atoms with Crippen LogP contribution in [0.1, 0.15) is 39.4 Å². The Kier molecular flexibility index (Phi) is 5.19. The Hall–Kier alpha value is -3.97. The van der Waals surface area contributed by atoms with Crippen molar-refractivity contribution in [3.05, 3.63) is 70.8 Å². The molecule has 2 unspecified atom stereocenters. The lowest BCUT2D eigenvalue weighted by Crippen LogP contribution is -2.35. The van der Waals surface area contributed by atoms with Crippen molar-refractivity contribution in [3.63, 3.8) is 0 Å². The van der Waals surface area contributed by atoms with Crippen LogP contribution >= 0.6 is 0 Å². The summed E-state index contributed by atoms with van der Waals surface area (Å²) < 4.78 is 11.2. The number of methoxy groups -OCH3 is 2. The van der Waals surface area contributed by atoms with Crippen molar-refractivity contribution in [2.24, 2.45) is 0 Å². The quantitative estimate of drug-likeness (QED) is 0.349. The van der Waals surface area contributed by atoms with Crippen LogP contribution < -0.4 is 9.47 Å². The van der Waals surface area contributed by atoms with Crippen LogP contribution in [0.4, 0.5) is 0 Å². The molecule has 0 radical (unpaired) electrons. The van der Waals surface area contributed by atoms with Gasteiger partial charge in [-0.15, -0.1) is 0 Å². The fourth-order valence-corrected chi connectivity index (χ4v) is 6.29. The number of fused-ring (bicyclic) bond motifs is 7. The van der Waals surface area contributed by atoms with E-state index in [1.54, 1.807) is 32.4 Å². The number of aromatic carboxylic acids is 1. The minimum atomic E-state index is -1.10. The highest BCUT2D eigenvalue weighted by atomic mass is 16.5. The molecule has 0 amide bonds. The van der Waals surface area contributed by atoms with E-state index in [1.807, 2.05) is 24.3 Å². The van der Waals surface area contributed by atoms with Crippen LogP contribution in [0.5, 0.6) is 23.0 Å². The molecule has 0 spiro atoms. The highest BCUT2D eigenvalue weighted by molar-refractivity contribution is 6.12. The molecule has 0 bridgehead atoms. The van der Waals surface area contributed by atoms with E-state index in [9.17, 15) is 20.1 Å². The van der Waals surface area contributed by atoms with Gasteiger partial charge in [-0.1, -0.05) is 18.2 Å². The number of carboxylic acids is 1. The summed E-state index contributed by atoms with van der Waals surface area (Å²) in [5, 5.41) is 34.4. The van der Waals surface area contributed by atoms with Gasteiger partial charge >= 0.3 is 5.97 Å². The van der Waals surface area contributed by atoms with Gasteiger partial charge in [0.05, 0.1) is 14.2 Å². The number of ether oxygens (including phenoxy) is 2. The molecule has 0 saturated carbocycles. The van der Waals surface area contributed by atoms with Gasteiger partial charge in [-0.25, -0.2) is 4.79 Å². The van der Waals surface area contributed by atoms with Crippen molar-refractivity contribution >= 4 is 27.5 Å². The monoisotopic (exact) mass is 485 g/mol. The van der Waals surface area contributed by atoms with Crippen LogP contribution in [0.15, 0.2) is 48.5 Å². The second-order valence-corrected chi connectivity index (χ2v) is 9.71. The third-order valence-corrected chi connectivity index (χ3v) is 7.89. The molecule has 7 heteroatoms. The Labute approximate surface area is 208 Å². The zero-order valence-corrected chi connectivity index (χ0v) is 20.1. The van der Waals surface area contributed by atoms with Gasteiger partial charge in [0.15, 0.2) is 11.5 Å². The van der Waals surface area contributed by atoms with Crippen molar-refractivity contribution in [1.29, 1.82) is 0 Å². The van der Waals surface area contributed by atoms with E-state index in [-0.39, 0.29) is 29.0 Å².